The Hall–Kier alpha value is -2.73. The molecule has 0 aliphatic carbocycles. The van der Waals surface area contributed by atoms with Gasteiger partial charge in [0.15, 0.2) is 0 Å². The van der Waals surface area contributed by atoms with Crippen molar-refractivity contribution >= 4 is 29.2 Å². The molecular formula is C18H20ClN3O3. The average molecular weight is 362 g/mol. The third-order valence-corrected chi connectivity index (χ3v) is 3.73. The fraction of sp³-hybridized carbons (Fsp3) is 0.222. The van der Waals surface area contributed by atoms with Crippen LogP contribution in [-0.4, -0.2) is 44.1 Å². The summed E-state index contributed by atoms with van der Waals surface area (Å²) in [5, 5.41) is 5.95. The summed E-state index contributed by atoms with van der Waals surface area (Å²) in [4.78, 5) is 25.1. The topological polar surface area (TPSA) is 70.7 Å². The van der Waals surface area contributed by atoms with Gasteiger partial charge in [0.1, 0.15) is 12.4 Å². The highest BCUT2D eigenvalue weighted by atomic mass is 35.5. The maximum atomic E-state index is 12.1. The summed E-state index contributed by atoms with van der Waals surface area (Å²) in [6.45, 7) is 0.784. The molecule has 0 aliphatic heterocycles. The van der Waals surface area contributed by atoms with E-state index in [-0.39, 0.29) is 11.9 Å². The number of anilines is 1. The van der Waals surface area contributed by atoms with Crippen molar-refractivity contribution in [3.63, 3.8) is 0 Å². The van der Waals surface area contributed by atoms with Gasteiger partial charge in [-0.1, -0.05) is 11.6 Å². The zero-order valence-corrected chi connectivity index (χ0v) is 14.8. The fourth-order valence-electron chi connectivity index (χ4n) is 2.00. The number of benzene rings is 2. The second-order valence-electron chi connectivity index (χ2n) is 5.31. The quantitative estimate of drug-likeness (QED) is 0.829. The van der Waals surface area contributed by atoms with Crippen molar-refractivity contribution in [3.05, 3.63) is 59.1 Å². The second-order valence-corrected chi connectivity index (χ2v) is 5.75. The smallest absolute Gasteiger partial charge is 0.321 e. The Kier molecular flexibility index (Phi) is 6.65. The second kappa shape index (κ2) is 8.94. The number of hydrogen-bond donors (Lipinski definition) is 2. The lowest BCUT2D eigenvalue weighted by atomic mass is 10.2. The van der Waals surface area contributed by atoms with Gasteiger partial charge >= 0.3 is 6.03 Å². The number of rotatable bonds is 6. The van der Waals surface area contributed by atoms with E-state index >= 15 is 0 Å². The van der Waals surface area contributed by atoms with Gasteiger partial charge in [-0.25, -0.2) is 4.79 Å². The molecule has 0 saturated carbocycles. The number of nitrogens with one attached hydrogen (secondary N) is 2. The van der Waals surface area contributed by atoms with E-state index in [1.807, 2.05) is 0 Å². The molecule has 2 N–H and O–H groups in total. The van der Waals surface area contributed by atoms with E-state index in [0.717, 1.165) is 0 Å². The maximum Gasteiger partial charge on any atom is 0.321 e. The first kappa shape index (κ1) is 18.6. The molecule has 0 saturated heterocycles. The molecule has 0 fully saturated rings. The molecule has 2 rings (SSSR count). The summed E-state index contributed by atoms with van der Waals surface area (Å²) >= 11 is 5.81. The van der Waals surface area contributed by atoms with Crippen molar-refractivity contribution in [1.29, 1.82) is 0 Å². The molecule has 0 unspecified atom stereocenters. The maximum absolute atomic E-state index is 12.1. The van der Waals surface area contributed by atoms with Crippen LogP contribution in [0.25, 0.3) is 0 Å². The first-order valence-electron chi connectivity index (χ1n) is 7.72. The first-order valence-corrected chi connectivity index (χ1v) is 8.10. The van der Waals surface area contributed by atoms with Crippen molar-refractivity contribution < 1.29 is 14.3 Å². The molecule has 3 amide bonds. The predicted molar refractivity (Wildman–Crippen MR) is 98.4 cm³/mol. The lowest BCUT2D eigenvalue weighted by Crippen LogP contribution is -2.34. The highest BCUT2D eigenvalue weighted by molar-refractivity contribution is 6.30. The lowest BCUT2D eigenvalue weighted by Gasteiger charge is -2.18. The van der Waals surface area contributed by atoms with Crippen molar-refractivity contribution in [2.75, 3.05) is 32.6 Å². The van der Waals surface area contributed by atoms with E-state index in [1.54, 1.807) is 62.6 Å². The van der Waals surface area contributed by atoms with Crippen molar-refractivity contribution in [3.8, 4) is 5.75 Å². The SMILES string of the molecule is CNC(=O)c1ccc(NC(=O)N(C)CCOc2ccc(Cl)cc2)cc1. The van der Waals surface area contributed by atoms with Gasteiger partial charge in [0.25, 0.3) is 5.91 Å². The van der Waals surface area contributed by atoms with Crippen LogP contribution in [0.3, 0.4) is 0 Å². The predicted octanol–water partition coefficient (Wildman–Crippen LogP) is 3.24. The molecule has 0 radical (unpaired) electrons. The Balaban J connectivity index is 1.79. The molecule has 0 spiro atoms. The Bertz CT molecular complexity index is 717. The largest absolute Gasteiger partial charge is 0.492 e. The Morgan fingerprint density at radius 1 is 1.08 bits per heavy atom. The Morgan fingerprint density at radius 3 is 2.32 bits per heavy atom. The van der Waals surface area contributed by atoms with Crippen LogP contribution in [0.5, 0.6) is 5.75 Å². The minimum Gasteiger partial charge on any atom is -0.492 e. The number of ether oxygens (including phenoxy) is 1. The standard InChI is InChI=1S/C18H20ClN3O3/c1-20-17(23)13-3-7-15(8-4-13)21-18(24)22(2)11-12-25-16-9-5-14(19)6-10-16/h3-10H,11-12H2,1-2H3,(H,20,23)(H,21,24). The van der Waals surface area contributed by atoms with Crippen molar-refractivity contribution in [1.82, 2.24) is 10.2 Å². The third-order valence-electron chi connectivity index (χ3n) is 3.48. The number of likely N-dealkylation sites (N-methyl/N-ethyl adjacent to an activating group) is 1. The number of hydrogen-bond acceptors (Lipinski definition) is 3. The van der Waals surface area contributed by atoms with Crippen LogP contribution in [0, 0.1) is 0 Å². The van der Waals surface area contributed by atoms with Gasteiger partial charge in [-0.15, -0.1) is 0 Å². The minimum absolute atomic E-state index is 0.172. The third kappa shape index (κ3) is 5.69. The summed E-state index contributed by atoms with van der Waals surface area (Å²) in [5.74, 6) is 0.525. The average Bonchev–Trinajstić information content (AvgIpc) is 2.63. The molecule has 0 atom stereocenters. The summed E-state index contributed by atoms with van der Waals surface area (Å²) in [6.07, 6.45) is 0. The summed E-state index contributed by atoms with van der Waals surface area (Å²) < 4.78 is 5.56. The van der Waals surface area contributed by atoms with Crippen LogP contribution in [0.4, 0.5) is 10.5 Å². The number of nitrogens with zero attached hydrogens (tertiary/aromatic N) is 1. The van der Waals surface area contributed by atoms with E-state index < -0.39 is 0 Å². The van der Waals surface area contributed by atoms with Crippen molar-refractivity contribution in [2.45, 2.75) is 0 Å². The van der Waals surface area contributed by atoms with Gasteiger partial charge < -0.3 is 20.3 Å². The Labute approximate surface area is 151 Å². The first-order chi connectivity index (χ1) is 12.0. The molecule has 0 aliphatic rings. The summed E-state index contributed by atoms with van der Waals surface area (Å²) in [5.41, 5.74) is 1.15. The van der Waals surface area contributed by atoms with Gasteiger partial charge in [-0.3, -0.25) is 4.79 Å². The highest BCUT2D eigenvalue weighted by Crippen LogP contribution is 2.15. The zero-order chi connectivity index (χ0) is 18.2. The van der Waals surface area contributed by atoms with Gasteiger partial charge in [0.05, 0.1) is 6.54 Å². The van der Waals surface area contributed by atoms with E-state index in [2.05, 4.69) is 10.6 Å². The van der Waals surface area contributed by atoms with E-state index in [4.69, 9.17) is 16.3 Å². The molecule has 6 nitrogen and oxygen atoms in total. The van der Waals surface area contributed by atoms with Gasteiger partial charge in [-0.05, 0) is 48.5 Å². The number of halogens is 1. The molecule has 0 aromatic heterocycles. The number of carbonyl (C=O) groups excluding carboxylic acids is 2. The monoisotopic (exact) mass is 361 g/mol. The number of carbonyl (C=O) groups is 2. The molecule has 25 heavy (non-hydrogen) atoms. The van der Waals surface area contributed by atoms with Crippen molar-refractivity contribution in [2.24, 2.45) is 0 Å². The number of urea groups is 1. The molecular weight excluding hydrogens is 342 g/mol. The zero-order valence-electron chi connectivity index (χ0n) is 14.1. The molecule has 2 aromatic rings. The van der Waals surface area contributed by atoms with Crippen LogP contribution < -0.4 is 15.4 Å². The van der Waals surface area contributed by atoms with E-state index in [0.29, 0.717) is 35.2 Å². The Morgan fingerprint density at radius 2 is 1.72 bits per heavy atom. The highest BCUT2D eigenvalue weighted by Gasteiger charge is 2.09. The van der Waals surface area contributed by atoms with Gasteiger partial charge in [0, 0.05) is 30.4 Å². The van der Waals surface area contributed by atoms with E-state index in [9.17, 15) is 9.59 Å². The van der Waals surface area contributed by atoms with Gasteiger partial charge in [-0.2, -0.15) is 0 Å². The normalized spacial score (nSPS) is 10.0. The van der Waals surface area contributed by atoms with Crippen LogP contribution in [-0.2, 0) is 0 Å². The summed E-state index contributed by atoms with van der Waals surface area (Å²) in [7, 11) is 3.25. The molecule has 7 heteroatoms. The number of amides is 3. The van der Waals surface area contributed by atoms with Crippen LogP contribution in [0.1, 0.15) is 10.4 Å². The molecule has 132 valence electrons. The fourth-order valence-corrected chi connectivity index (χ4v) is 2.13. The summed E-state index contributed by atoms with van der Waals surface area (Å²) in [6, 6.07) is 13.4. The minimum atomic E-state index is -0.257. The molecule has 2 aromatic carbocycles. The van der Waals surface area contributed by atoms with E-state index in [1.165, 1.54) is 4.90 Å². The van der Waals surface area contributed by atoms with Crippen LogP contribution in [0.2, 0.25) is 5.02 Å². The van der Waals surface area contributed by atoms with Gasteiger partial charge in [0.2, 0.25) is 0 Å². The molecule has 0 bridgehead atoms. The van der Waals surface area contributed by atoms with Crippen LogP contribution >= 0.6 is 11.6 Å². The van der Waals surface area contributed by atoms with Crippen LogP contribution in [0.15, 0.2) is 48.5 Å². The lowest BCUT2D eigenvalue weighted by molar-refractivity contribution is 0.0963. The molecule has 0 heterocycles.